The van der Waals surface area contributed by atoms with E-state index < -0.39 is 34.5 Å². The van der Waals surface area contributed by atoms with Gasteiger partial charge in [-0.1, -0.05) is 0 Å². The molecule has 2 aliphatic heterocycles. The average Bonchev–Trinajstić information content (AvgIpc) is 3.45. The van der Waals surface area contributed by atoms with Crippen LogP contribution in [0.3, 0.4) is 0 Å². The van der Waals surface area contributed by atoms with E-state index in [-0.39, 0.29) is 35.0 Å². The van der Waals surface area contributed by atoms with E-state index in [9.17, 15) is 19.5 Å². The molecule has 194 valence electrons. The lowest BCUT2D eigenvalue weighted by Crippen LogP contribution is -2.49. The molecule has 0 spiro atoms. The second-order valence-electron chi connectivity index (χ2n) is 11.2. The van der Waals surface area contributed by atoms with E-state index in [0.29, 0.717) is 30.9 Å². The molecule has 2 aromatic rings. The zero-order valence-corrected chi connectivity index (χ0v) is 21.0. The number of carbonyl (C=O) groups excluding carboxylic acids is 1. The Morgan fingerprint density at radius 3 is 2.67 bits per heavy atom. The van der Waals surface area contributed by atoms with Crippen LogP contribution in [0.1, 0.15) is 62.0 Å². The van der Waals surface area contributed by atoms with Gasteiger partial charge in [0.25, 0.3) is 0 Å². The van der Waals surface area contributed by atoms with Gasteiger partial charge in [-0.2, -0.15) is 0 Å². The fourth-order valence-electron chi connectivity index (χ4n) is 5.53. The fourth-order valence-corrected chi connectivity index (χ4v) is 5.53. The molecule has 9 nitrogen and oxygen atoms in total. The molecule has 2 atom stereocenters. The zero-order chi connectivity index (χ0) is 26.0. The van der Waals surface area contributed by atoms with E-state index in [4.69, 9.17) is 9.47 Å². The molecule has 1 aliphatic carbocycles. The normalized spacial score (nSPS) is 23.7. The molecule has 3 fully saturated rings. The Kier molecular flexibility index (Phi) is 5.77. The molecule has 3 heterocycles. The van der Waals surface area contributed by atoms with Crippen molar-refractivity contribution in [3.05, 3.63) is 39.4 Å². The highest BCUT2D eigenvalue weighted by Gasteiger charge is 2.52. The van der Waals surface area contributed by atoms with Crippen LogP contribution >= 0.6 is 0 Å². The number of carboxylic acids is 1. The van der Waals surface area contributed by atoms with Crippen LogP contribution in [0.25, 0.3) is 10.9 Å². The Morgan fingerprint density at radius 2 is 2.03 bits per heavy atom. The summed E-state index contributed by atoms with van der Waals surface area (Å²) in [6.07, 6.45) is 3.40. The van der Waals surface area contributed by atoms with Crippen molar-refractivity contribution in [2.75, 3.05) is 31.1 Å². The summed E-state index contributed by atoms with van der Waals surface area (Å²) < 4.78 is 29.1. The minimum Gasteiger partial charge on any atom is -0.477 e. The number of benzene rings is 1. The number of aromatic carboxylic acids is 1. The van der Waals surface area contributed by atoms with Crippen molar-refractivity contribution in [3.63, 3.8) is 0 Å². The standard InChI is InChI=1S/C26H32FN3O6/c1-14-20-18(30(16-5-6-16)11-17(22(20)31)23(32)33)9-19(21(14)27)29-10-15-7-8-35-26(15,13-29)12-28-24(34)36-25(2,3)4/h9,11,15-16H,5-8,10,12-13H2,1-4H3,(H,28,34)(H,32,33). The lowest BCUT2D eigenvalue weighted by atomic mass is 9.91. The van der Waals surface area contributed by atoms with Crippen molar-refractivity contribution >= 4 is 28.7 Å². The van der Waals surface area contributed by atoms with Crippen LogP contribution in [0.5, 0.6) is 0 Å². The van der Waals surface area contributed by atoms with Gasteiger partial charge >= 0.3 is 12.1 Å². The average molecular weight is 502 g/mol. The first kappa shape index (κ1) is 24.5. The van der Waals surface area contributed by atoms with Gasteiger partial charge in [-0.05, 0) is 53.0 Å². The number of ether oxygens (including phenoxy) is 2. The summed E-state index contributed by atoms with van der Waals surface area (Å²) in [7, 11) is 0. The van der Waals surface area contributed by atoms with Gasteiger partial charge in [0.05, 0.1) is 23.1 Å². The number of carboxylic acid groups (broad SMARTS) is 1. The number of carbonyl (C=O) groups is 2. The third kappa shape index (κ3) is 4.21. The first-order chi connectivity index (χ1) is 16.9. The number of amides is 1. The summed E-state index contributed by atoms with van der Waals surface area (Å²) in [5.41, 5.74) is -1.27. The lowest BCUT2D eigenvalue weighted by Gasteiger charge is -2.30. The second kappa shape index (κ2) is 8.47. The molecule has 0 bridgehead atoms. The number of nitrogens with one attached hydrogen (secondary N) is 1. The van der Waals surface area contributed by atoms with Gasteiger partial charge in [0.2, 0.25) is 5.43 Å². The van der Waals surface area contributed by atoms with Gasteiger partial charge < -0.3 is 29.4 Å². The molecule has 1 aromatic carbocycles. The lowest BCUT2D eigenvalue weighted by molar-refractivity contribution is -0.000270. The number of aromatic nitrogens is 1. The fraction of sp³-hybridized carbons (Fsp3) is 0.577. The third-order valence-corrected chi connectivity index (χ3v) is 7.42. The van der Waals surface area contributed by atoms with Gasteiger partial charge in [0, 0.05) is 43.4 Å². The van der Waals surface area contributed by atoms with Crippen LogP contribution < -0.4 is 15.6 Å². The molecule has 10 heteroatoms. The smallest absolute Gasteiger partial charge is 0.407 e. The molecule has 1 amide bonds. The highest BCUT2D eigenvalue weighted by atomic mass is 19.1. The molecule has 1 aromatic heterocycles. The number of hydrogen-bond donors (Lipinski definition) is 2. The molecule has 1 saturated carbocycles. The first-order valence-electron chi connectivity index (χ1n) is 12.4. The maximum absolute atomic E-state index is 15.8. The maximum atomic E-state index is 15.8. The Balaban J connectivity index is 1.50. The predicted molar refractivity (Wildman–Crippen MR) is 131 cm³/mol. The van der Waals surface area contributed by atoms with E-state index >= 15 is 4.39 Å². The van der Waals surface area contributed by atoms with Crippen molar-refractivity contribution in [2.45, 2.75) is 64.2 Å². The Hall–Kier alpha value is -3.14. The number of pyridine rings is 1. The van der Waals surface area contributed by atoms with E-state index in [0.717, 1.165) is 19.3 Å². The van der Waals surface area contributed by atoms with Gasteiger partial charge in [-0.25, -0.2) is 14.0 Å². The highest BCUT2D eigenvalue weighted by molar-refractivity contribution is 5.95. The predicted octanol–water partition coefficient (Wildman–Crippen LogP) is 3.60. The summed E-state index contributed by atoms with van der Waals surface area (Å²) in [5, 5.41) is 12.5. The van der Waals surface area contributed by atoms with Gasteiger partial charge in [0.15, 0.2) is 0 Å². The molecule has 3 aliphatic rings. The van der Waals surface area contributed by atoms with E-state index in [1.807, 2.05) is 9.47 Å². The molecule has 2 saturated heterocycles. The molecule has 5 rings (SSSR count). The van der Waals surface area contributed by atoms with Crippen LogP contribution in [-0.2, 0) is 9.47 Å². The first-order valence-corrected chi connectivity index (χ1v) is 12.4. The maximum Gasteiger partial charge on any atom is 0.407 e. The van der Waals surface area contributed by atoms with Crippen molar-refractivity contribution in [1.82, 2.24) is 9.88 Å². The Labute approximate surface area is 208 Å². The molecule has 36 heavy (non-hydrogen) atoms. The summed E-state index contributed by atoms with van der Waals surface area (Å²) in [4.78, 5) is 38.9. The van der Waals surface area contributed by atoms with E-state index in [1.165, 1.54) is 13.1 Å². The topological polar surface area (TPSA) is 110 Å². The largest absolute Gasteiger partial charge is 0.477 e. The molecular formula is C26H32FN3O6. The summed E-state index contributed by atoms with van der Waals surface area (Å²) in [6, 6.07) is 1.76. The SMILES string of the molecule is Cc1c(F)c(N2CC3CCOC3(CNC(=O)OC(C)(C)C)C2)cc2c1c(=O)c(C(=O)O)cn2C1CC1. The van der Waals surface area contributed by atoms with Crippen LogP contribution in [0, 0.1) is 18.7 Å². The number of fused-ring (bicyclic) bond motifs is 2. The Morgan fingerprint density at radius 1 is 1.31 bits per heavy atom. The summed E-state index contributed by atoms with van der Waals surface area (Å²) in [5.74, 6) is -1.77. The van der Waals surface area contributed by atoms with Gasteiger partial charge in [-0.15, -0.1) is 0 Å². The number of nitrogens with zero attached hydrogens (tertiary/aromatic N) is 2. The molecule has 0 radical (unpaired) electrons. The minimum absolute atomic E-state index is 0.0860. The van der Waals surface area contributed by atoms with Crippen molar-refractivity contribution < 1.29 is 28.6 Å². The van der Waals surface area contributed by atoms with E-state index in [1.54, 1.807) is 26.8 Å². The van der Waals surface area contributed by atoms with Crippen molar-refractivity contribution in [3.8, 4) is 0 Å². The summed E-state index contributed by atoms with van der Waals surface area (Å²) in [6.45, 7) is 8.63. The molecule has 2 N–H and O–H groups in total. The van der Waals surface area contributed by atoms with Gasteiger partial charge in [0.1, 0.15) is 22.6 Å². The summed E-state index contributed by atoms with van der Waals surface area (Å²) >= 11 is 0. The zero-order valence-electron chi connectivity index (χ0n) is 21.0. The van der Waals surface area contributed by atoms with E-state index in [2.05, 4.69) is 5.32 Å². The Bertz CT molecular complexity index is 1310. The number of hydrogen-bond acceptors (Lipinski definition) is 6. The minimum atomic E-state index is -1.32. The van der Waals surface area contributed by atoms with Crippen LogP contribution in [0.15, 0.2) is 17.1 Å². The van der Waals surface area contributed by atoms with Crippen LogP contribution in [-0.4, -0.2) is 59.2 Å². The van der Waals surface area contributed by atoms with Gasteiger partial charge in [-0.3, -0.25) is 4.79 Å². The number of alkyl carbamates (subject to hydrolysis) is 1. The number of aryl methyl sites for hydroxylation is 1. The third-order valence-electron chi connectivity index (χ3n) is 7.42. The highest BCUT2D eigenvalue weighted by Crippen LogP contribution is 2.43. The molecular weight excluding hydrogens is 469 g/mol. The molecule has 2 unspecified atom stereocenters. The number of rotatable bonds is 5. The number of halogens is 1. The number of anilines is 1. The van der Waals surface area contributed by atoms with Crippen molar-refractivity contribution in [1.29, 1.82) is 0 Å². The monoisotopic (exact) mass is 501 g/mol. The second-order valence-corrected chi connectivity index (χ2v) is 11.2. The quantitative estimate of drug-likeness (QED) is 0.644. The van der Waals surface area contributed by atoms with Crippen molar-refractivity contribution in [2.24, 2.45) is 5.92 Å². The van der Waals surface area contributed by atoms with Crippen LogP contribution in [0.2, 0.25) is 0 Å². The van der Waals surface area contributed by atoms with Crippen LogP contribution in [0.4, 0.5) is 14.9 Å².